The molecule has 4 nitrogen and oxygen atoms in total. The summed E-state index contributed by atoms with van der Waals surface area (Å²) in [6, 6.07) is 8.99. The first-order chi connectivity index (χ1) is 10.2. The second kappa shape index (κ2) is 6.44. The van der Waals surface area contributed by atoms with Crippen molar-refractivity contribution in [1.82, 2.24) is 5.43 Å². The fourth-order valence-corrected chi connectivity index (χ4v) is 3.73. The molecule has 0 aliphatic carbocycles. The SMILES string of the molecule is Cc1cccc(CC(NN)C2CCOC3(CCOC3)C2)c1. The molecule has 3 atom stereocenters. The first-order valence-electron chi connectivity index (χ1n) is 7.94. The second-order valence-electron chi connectivity index (χ2n) is 6.55. The van der Waals surface area contributed by atoms with Gasteiger partial charge in [-0.25, -0.2) is 0 Å². The van der Waals surface area contributed by atoms with Crippen LogP contribution < -0.4 is 11.3 Å². The Hall–Kier alpha value is -0.940. The van der Waals surface area contributed by atoms with Crippen molar-refractivity contribution in [3.63, 3.8) is 0 Å². The summed E-state index contributed by atoms with van der Waals surface area (Å²) < 4.78 is 11.6. The monoisotopic (exact) mass is 290 g/mol. The van der Waals surface area contributed by atoms with Gasteiger partial charge in [0.15, 0.2) is 0 Å². The summed E-state index contributed by atoms with van der Waals surface area (Å²) in [6.07, 6.45) is 4.11. The van der Waals surface area contributed by atoms with Crippen molar-refractivity contribution in [3.05, 3.63) is 35.4 Å². The van der Waals surface area contributed by atoms with Crippen molar-refractivity contribution >= 4 is 0 Å². The van der Waals surface area contributed by atoms with Crippen LogP contribution in [0.4, 0.5) is 0 Å². The fraction of sp³-hybridized carbons (Fsp3) is 0.647. The van der Waals surface area contributed by atoms with E-state index in [0.717, 1.165) is 45.5 Å². The highest BCUT2D eigenvalue weighted by Gasteiger charge is 2.42. The molecule has 0 saturated carbocycles. The minimum absolute atomic E-state index is 0.0510. The Morgan fingerprint density at radius 1 is 1.43 bits per heavy atom. The van der Waals surface area contributed by atoms with Gasteiger partial charge in [0.25, 0.3) is 0 Å². The lowest BCUT2D eigenvalue weighted by Crippen LogP contribution is -2.50. The van der Waals surface area contributed by atoms with E-state index >= 15 is 0 Å². The molecule has 0 amide bonds. The Morgan fingerprint density at radius 3 is 3.05 bits per heavy atom. The molecule has 116 valence electrons. The van der Waals surface area contributed by atoms with Gasteiger partial charge in [-0.3, -0.25) is 11.3 Å². The third-order valence-electron chi connectivity index (χ3n) is 4.92. The second-order valence-corrected chi connectivity index (χ2v) is 6.55. The summed E-state index contributed by atoms with van der Waals surface area (Å²) in [7, 11) is 0. The van der Waals surface area contributed by atoms with Gasteiger partial charge in [-0.15, -0.1) is 0 Å². The minimum Gasteiger partial charge on any atom is -0.378 e. The van der Waals surface area contributed by atoms with Gasteiger partial charge in [0.05, 0.1) is 12.2 Å². The molecule has 0 bridgehead atoms. The number of ether oxygens (including phenoxy) is 2. The van der Waals surface area contributed by atoms with Crippen LogP contribution in [0.25, 0.3) is 0 Å². The molecular weight excluding hydrogens is 264 g/mol. The highest BCUT2D eigenvalue weighted by atomic mass is 16.6. The summed E-state index contributed by atoms with van der Waals surface area (Å²) in [5.41, 5.74) is 5.65. The van der Waals surface area contributed by atoms with E-state index in [-0.39, 0.29) is 5.60 Å². The van der Waals surface area contributed by atoms with Crippen molar-refractivity contribution in [1.29, 1.82) is 0 Å². The molecule has 21 heavy (non-hydrogen) atoms. The predicted molar refractivity (Wildman–Crippen MR) is 82.8 cm³/mol. The fourth-order valence-electron chi connectivity index (χ4n) is 3.73. The lowest BCUT2D eigenvalue weighted by molar-refractivity contribution is -0.103. The van der Waals surface area contributed by atoms with Crippen molar-refractivity contribution in [2.45, 2.75) is 44.2 Å². The van der Waals surface area contributed by atoms with Crippen LogP contribution in [0.2, 0.25) is 0 Å². The number of hydrogen-bond donors (Lipinski definition) is 2. The number of nitrogens with two attached hydrogens (primary N) is 1. The van der Waals surface area contributed by atoms with E-state index in [1.807, 2.05) is 0 Å². The summed E-state index contributed by atoms with van der Waals surface area (Å²) in [5.74, 6) is 6.40. The average molecular weight is 290 g/mol. The number of hydrazine groups is 1. The van der Waals surface area contributed by atoms with Crippen molar-refractivity contribution in [2.75, 3.05) is 19.8 Å². The van der Waals surface area contributed by atoms with Crippen LogP contribution in [0.15, 0.2) is 24.3 Å². The standard InChI is InChI=1S/C17H26N2O2/c1-13-3-2-4-14(9-13)10-16(19-18)15-5-7-21-17(11-15)6-8-20-12-17/h2-4,9,15-16,19H,5-8,10-12,18H2,1H3. The minimum atomic E-state index is -0.0510. The van der Waals surface area contributed by atoms with E-state index in [9.17, 15) is 0 Å². The quantitative estimate of drug-likeness (QED) is 0.657. The summed E-state index contributed by atoms with van der Waals surface area (Å²) in [6.45, 7) is 4.52. The van der Waals surface area contributed by atoms with Crippen LogP contribution in [-0.4, -0.2) is 31.5 Å². The molecule has 0 radical (unpaired) electrons. The van der Waals surface area contributed by atoms with E-state index in [1.165, 1.54) is 11.1 Å². The van der Waals surface area contributed by atoms with Gasteiger partial charge >= 0.3 is 0 Å². The maximum atomic E-state index is 6.03. The van der Waals surface area contributed by atoms with Crippen LogP contribution in [-0.2, 0) is 15.9 Å². The van der Waals surface area contributed by atoms with Crippen molar-refractivity contribution in [3.8, 4) is 0 Å². The number of nitrogens with one attached hydrogen (secondary N) is 1. The topological polar surface area (TPSA) is 56.5 Å². The van der Waals surface area contributed by atoms with E-state index in [4.69, 9.17) is 15.3 Å². The molecule has 3 rings (SSSR count). The highest BCUT2D eigenvalue weighted by Crippen LogP contribution is 2.37. The number of benzene rings is 1. The number of rotatable bonds is 4. The Morgan fingerprint density at radius 2 is 2.33 bits per heavy atom. The molecule has 0 aromatic heterocycles. The van der Waals surface area contributed by atoms with Crippen LogP contribution in [0.3, 0.4) is 0 Å². The first kappa shape index (κ1) is 15.0. The molecule has 1 aromatic rings. The van der Waals surface area contributed by atoms with Crippen molar-refractivity contribution in [2.24, 2.45) is 11.8 Å². The summed E-state index contributed by atoms with van der Waals surface area (Å²) in [5, 5.41) is 0. The van der Waals surface area contributed by atoms with E-state index in [1.54, 1.807) is 0 Å². The number of aryl methyl sites for hydroxylation is 1. The molecule has 3 unspecified atom stereocenters. The van der Waals surface area contributed by atoms with Crippen LogP contribution in [0.5, 0.6) is 0 Å². The normalized spacial score (nSPS) is 30.7. The third kappa shape index (κ3) is 3.46. The Labute approximate surface area is 127 Å². The number of hydrogen-bond acceptors (Lipinski definition) is 4. The molecule has 1 spiro atoms. The Bertz CT molecular complexity index is 472. The van der Waals surface area contributed by atoms with E-state index in [0.29, 0.717) is 12.0 Å². The first-order valence-corrected chi connectivity index (χ1v) is 7.94. The zero-order valence-electron chi connectivity index (χ0n) is 12.8. The molecule has 2 fully saturated rings. The highest BCUT2D eigenvalue weighted by molar-refractivity contribution is 5.23. The molecule has 2 aliphatic rings. The van der Waals surface area contributed by atoms with Gasteiger partial charge < -0.3 is 9.47 Å². The average Bonchev–Trinajstić information content (AvgIpc) is 2.92. The maximum absolute atomic E-state index is 6.03. The smallest absolute Gasteiger partial charge is 0.0939 e. The zero-order valence-corrected chi connectivity index (χ0v) is 12.8. The molecule has 2 aliphatic heterocycles. The maximum Gasteiger partial charge on any atom is 0.0939 e. The van der Waals surface area contributed by atoms with Gasteiger partial charge in [0, 0.05) is 25.7 Å². The van der Waals surface area contributed by atoms with E-state index < -0.39 is 0 Å². The predicted octanol–water partition coefficient (Wildman–Crippen LogP) is 1.96. The summed E-state index contributed by atoms with van der Waals surface area (Å²) >= 11 is 0. The molecule has 3 N–H and O–H groups in total. The largest absolute Gasteiger partial charge is 0.378 e. The van der Waals surface area contributed by atoms with Gasteiger partial charge in [-0.2, -0.15) is 0 Å². The third-order valence-corrected chi connectivity index (χ3v) is 4.92. The van der Waals surface area contributed by atoms with Crippen LogP contribution >= 0.6 is 0 Å². The molecule has 2 heterocycles. The van der Waals surface area contributed by atoms with Crippen LogP contribution in [0.1, 0.15) is 30.4 Å². The van der Waals surface area contributed by atoms with Gasteiger partial charge in [-0.05, 0) is 37.7 Å². The Kier molecular flexibility index (Phi) is 4.60. The summed E-state index contributed by atoms with van der Waals surface area (Å²) in [4.78, 5) is 0. The lowest BCUT2D eigenvalue weighted by Gasteiger charge is -2.40. The molecule has 2 saturated heterocycles. The molecule has 4 heteroatoms. The lowest BCUT2D eigenvalue weighted by atomic mass is 9.79. The molecular formula is C17H26N2O2. The molecule has 1 aromatic carbocycles. The zero-order chi connectivity index (χ0) is 14.7. The van der Waals surface area contributed by atoms with Gasteiger partial charge in [0.1, 0.15) is 0 Å². The van der Waals surface area contributed by atoms with Crippen LogP contribution in [0, 0.1) is 12.8 Å². The van der Waals surface area contributed by atoms with Gasteiger partial charge in [-0.1, -0.05) is 29.8 Å². The van der Waals surface area contributed by atoms with E-state index in [2.05, 4.69) is 36.6 Å². The Balaban J connectivity index is 1.67. The van der Waals surface area contributed by atoms with Crippen molar-refractivity contribution < 1.29 is 9.47 Å². The van der Waals surface area contributed by atoms with Gasteiger partial charge in [0.2, 0.25) is 0 Å².